The van der Waals surface area contributed by atoms with Crippen molar-refractivity contribution in [2.45, 2.75) is 20.4 Å². The highest BCUT2D eigenvalue weighted by Crippen LogP contribution is 1.98. The van der Waals surface area contributed by atoms with Crippen LogP contribution < -0.4 is 5.48 Å². The Labute approximate surface area is 79.7 Å². The summed E-state index contributed by atoms with van der Waals surface area (Å²) in [7, 11) is 2.01. The van der Waals surface area contributed by atoms with E-state index in [2.05, 4.69) is 31.6 Å². The van der Waals surface area contributed by atoms with Crippen LogP contribution in [0.25, 0.3) is 0 Å². The van der Waals surface area contributed by atoms with Crippen LogP contribution in [0.4, 0.5) is 0 Å². The predicted molar refractivity (Wildman–Crippen MR) is 53.0 cm³/mol. The van der Waals surface area contributed by atoms with Gasteiger partial charge in [-0.25, -0.2) is 0 Å². The molecular formula is C10H18N2O. The number of rotatable bonds is 5. The van der Waals surface area contributed by atoms with E-state index in [0.29, 0.717) is 5.92 Å². The number of aryl methyl sites for hydroxylation is 1. The van der Waals surface area contributed by atoms with Crippen LogP contribution in [0.3, 0.4) is 0 Å². The average molecular weight is 182 g/mol. The molecule has 3 nitrogen and oxygen atoms in total. The monoisotopic (exact) mass is 182 g/mol. The van der Waals surface area contributed by atoms with Gasteiger partial charge >= 0.3 is 0 Å². The minimum atomic E-state index is 0.572. The maximum atomic E-state index is 5.25. The molecule has 1 heterocycles. The molecule has 74 valence electrons. The lowest BCUT2D eigenvalue weighted by Crippen LogP contribution is -2.17. The molecule has 0 spiro atoms. The van der Waals surface area contributed by atoms with Crippen LogP contribution in [0.15, 0.2) is 18.5 Å². The molecule has 0 bridgehead atoms. The van der Waals surface area contributed by atoms with Gasteiger partial charge < -0.3 is 9.40 Å². The summed E-state index contributed by atoms with van der Waals surface area (Å²) < 4.78 is 2.03. The Morgan fingerprint density at radius 1 is 1.54 bits per heavy atom. The number of nitrogens with zero attached hydrogens (tertiary/aromatic N) is 1. The molecule has 3 heteroatoms. The van der Waals surface area contributed by atoms with Gasteiger partial charge in [0.05, 0.1) is 6.61 Å². The van der Waals surface area contributed by atoms with Crippen molar-refractivity contribution in [3.63, 3.8) is 0 Å². The number of hydrogen-bond donors (Lipinski definition) is 1. The van der Waals surface area contributed by atoms with E-state index < -0.39 is 0 Å². The minimum absolute atomic E-state index is 0.572. The first-order chi connectivity index (χ1) is 6.18. The average Bonchev–Trinajstić information content (AvgIpc) is 2.45. The van der Waals surface area contributed by atoms with Gasteiger partial charge in [0.25, 0.3) is 0 Å². The molecule has 1 aromatic rings. The molecule has 0 saturated heterocycles. The van der Waals surface area contributed by atoms with Crippen molar-refractivity contribution in [2.24, 2.45) is 13.0 Å². The van der Waals surface area contributed by atoms with Gasteiger partial charge in [-0.05, 0) is 17.5 Å². The highest BCUT2D eigenvalue weighted by atomic mass is 16.6. The van der Waals surface area contributed by atoms with E-state index in [-0.39, 0.29) is 0 Å². The summed E-state index contributed by atoms with van der Waals surface area (Å²) in [6, 6.07) is 2.08. The molecule has 0 amide bonds. The van der Waals surface area contributed by atoms with Crippen LogP contribution in [-0.2, 0) is 18.4 Å². The first-order valence-electron chi connectivity index (χ1n) is 4.64. The molecule has 0 aliphatic carbocycles. The van der Waals surface area contributed by atoms with Crippen LogP contribution in [0.1, 0.15) is 19.4 Å². The molecule has 0 aliphatic heterocycles. The Kier molecular flexibility index (Phi) is 3.99. The van der Waals surface area contributed by atoms with E-state index >= 15 is 0 Å². The van der Waals surface area contributed by atoms with Crippen molar-refractivity contribution in [3.05, 3.63) is 24.0 Å². The fourth-order valence-electron chi connectivity index (χ4n) is 1.03. The van der Waals surface area contributed by atoms with Gasteiger partial charge in [0.2, 0.25) is 0 Å². The maximum Gasteiger partial charge on any atom is 0.0705 e. The van der Waals surface area contributed by atoms with E-state index in [4.69, 9.17) is 4.84 Å². The van der Waals surface area contributed by atoms with Crippen molar-refractivity contribution in [1.82, 2.24) is 10.0 Å². The lowest BCUT2D eigenvalue weighted by molar-refractivity contribution is 0.0196. The zero-order valence-electron chi connectivity index (χ0n) is 8.58. The van der Waals surface area contributed by atoms with Crippen LogP contribution >= 0.6 is 0 Å². The molecule has 1 rings (SSSR count). The maximum absolute atomic E-state index is 5.25. The standard InChI is InChI=1S/C10H18N2O/c1-9(2)8-13-11-6-10-4-5-12(3)7-10/h4-5,7,9,11H,6,8H2,1-3H3. The summed E-state index contributed by atoms with van der Waals surface area (Å²) >= 11 is 0. The molecule has 0 unspecified atom stereocenters. The Morgan fingerprint density at radius 3 is 2.85 bits per heavy atom. The quantitative estimate of drug-likeness (QED) is 0.554. The van der Waals surface area contributed by atoms with Gasteiger partial charge in [-0.15, -0.1) is 0 Å². The summed E-state index contributed by atoms with van der Waals surface area (Å²) in [6.45, 7) is 5.79. The number of aromatic nitrogens is 1. The van der Waals surface area contributed by atoms with Crippen LogP contribution in [0.2, 0.25) is 0 Å². The minimum Gasteiger partial charge on any atom is -0.357 e. The third-order valence-corrected chi connectivity index (χ3v) is 1.69. The Bertz CT molecular complexity index is 243. The zero-order chi connectivity index (χ0) is 9.68. The highest BCUT2D eigenvalue weighted by Gasteiger charge is 1.95. The Balaban J connectivity index is 2.13. The first-order valence-corrected chi connectivity index (χ1v) is 4.64. The number of hydroxylamine groups is 1. The van der Waals surface area contributed by atoms with Crippen LogP contribution in [-0.4, -0.2) is 11.2 Å². The molecule has 13 heavy (non-hydrogen) atoms. The van der Waals surface area contributed by atoms with E-state index in [1.54, 1.807) is 0 Å². The molecule has 0 fully saturated rings. The zero-order valence-corrected chi connectivity index (χ0v) is 8.58. The van der Waals surface area contributed by atoms with Crippen LogP contribution in [0, 0.1) is 5.92 Å². The van der Waals surface area contributed by atoms with Crippen molar-refractivity contribution >= 4 is 0 Å². The van der Waals surface area contributed by atoms with E-state index in [9.17, 15) is 0 Å². The molecule has 0 radical (unpaired) electrons. The molecular weight excluding hydrogens is 164 g/mol. The fourth-order valence-corrected chi connectivity index (χ4v) is 1.03. The number of nitrogens with one attached hydrogen (secondary N) is 1. The second kappa shape index (κ2) is 5.04. The highest BCUT2D eigenvalue weighted by molar-refractivity contribution is 5.08. The molecule has 0 aliphatic rings. The Morgan fingerprint density at radius 2 is 2.31 bits per heavy atom. The molecule has 0 atom stereocenters. The van der Waals surface area contributed by atoms with E-state index in [1.165, 1.54) is 5.56 Å². The molecule has 0 aromatic carbocycles. The summed E-state index contributed by atoms with van der Waals surface area (Å²) in [5, 5.41) is 0. The normalized spacial score (nSPS) is 11.1. The van der Waals surface area contributed by atoms with Gasteiger partial charge in [-0.2, -0.15) is 5.48 Å². The fraction of sp³-hybridized carbons (Fsp3) is 0.600. The van der Waals surface area contributed by atoms with Crippen molar-refractivity contribution in [1.29, 1.82) is 0 Å². The Hall–Kier alpha value is -0.800. The molecule has 1 aromatic heterocycles. The number of hydrogen-bond acceptors (Lipinski definition) is 2. The summed E-state index contributed by atoms with van der Waals surface area (Å²) in [6.07, 6.45) is 4.10. The van der Waals surface area contributed by atoms with Crippen molar-refractivity contribution in [2.75, 3.05) is 6.61 Å². The molecule has 1 N–H and O–H groups in total. The van der Waals surface area contributed by atoms with Crippen molar-refractivity contribution in [3.8, 4) is 0 Å². The van der Waals surface area contributed by atoms with Crippen molar-refractivity contribution < 1.29 is 4.84 Å². The lowest BCUT2D eigenvalue weighted by Gasteiger charge is -2.06. The summed E-state index contributed by atoms with van der Waals surface area (Å²) in [4.78, 5) is 5.25. The van der Waals surface area contributed by atoms with Gasteiger partial charge in [-0.3, -0.25) is 0 Å². The summed E-state index contributed by atoms with van der Waals surface area (Å²) in [5.41, 5.74) is 4.17. The van der Waals surface area contributed by atoms with Gasteiger partial charge in [0, 0.05) is 26.0 Å². The van der Waals surface area contributed by atoms with Gasteiger partial charge in [0.1, 0.15) is 0 Å². The largest absolute Gasteiger partial charge is 0.357 e. The van der Waals surface area contributed by atoms with Gasteiger partial charge in [-0.1, -0.05) is 13.8 Å². The topological polar surface area (TPSA) is 26.2 Å². The summed E-state index contributed by atoms with van der Waals surface area (Å²) in [5.74, 6) is 0.572. The lowest BCUT2D eigenvalue weighted by atomic mass is 10.2. The van der Waals surface area contributed by atoms with Crippen LogP contribution in [0.5, 0.6) is 0 Å². The second-order valence-corrected chi connectivity index (χ2v) is 3.71. The SMILES string of the molecule is CC(C)CONCc1ccn(C)c1. The van der Waals surface area contributed by atoms with E-state index in [0.717, 1.165) is 13.2 Å². The van der Waals surface area contributed by atoms with Gasteiger partial charge in [0.15, 0.2) is 0 Å². The predicted octanol–water partition coefficient (Wildman–Crippen LogP) is 1.70. The first kappa shape index (κ1) is 10.3. The van der Waals surface area contributed by atoms with E-state index in [1.807, 2.05) is 17.8 Å². The molecule has 0 saturated carbocycles. The third-order valence-electron chi connectivity index (χ3n) is 1.69. The third kappa shape index (κ3) is 4.10. The smallest absolute Gasteiger partial charge is 0.0705 e. The second-order valence-electron chi connectivity index (χ2n) is 3.71.